The monoisotopic (exact) mass is 448 g/mol. The fraction of sp³-hybridized carbons (Fsp3) is 0.455. The quantitative estimate of drug-likeness (QED) is 0.299. The van der Waals surface area contributed by atoms with E-state index in [4.69, 9.17) is 4.12 Å². The van der Waals surface area contributed by atoms with Gasteiger partial charge in [-0.15, -0.1) is 0 Å². The molecule has 0 aliphatic heterocycles. The number of alkyl halides is 1. The highest BCUT2D eigenvalue weighted by molar-refractivity contribution is 9.09. The Bertz CT molecular complexity index is 640. The zero-order valence-electron chi connectivity index (χ0n) is 16.5. The topological polar surface area (TPSA) is 9.23 Å². The first-order chi connectivity index (χ1) is 12.5. The van der Waals surface area contributed by atoms with Gasteiger partial charge in [-0.05, 0) is 33.8 Å². The van der Waals surface area contributed by atoms with Gasteiger partial charge in [0.1, 0.15) is 9.76 Å². The molecule has 0 N–H and O–H groups in total. The second-order valence-corrected chi connectivity index (χ2v) is 13.2. The molecule has 0 aliphatic rings. The molecule has 0 aromatic heterocycles. The van der Waals surface area contributed by atoms with Crippen molar-refractivity contribution >= 4 is 45.1 Å². The number of unbranched alkanes of at least 4 members (excludes halogenated alkanes) is 3. The third-order valence-electron chi connectivity index (χ3n) is 4.72. The molecule has 2 aromatic rings. The molecule has 0 amide bonds. The molecule has 2 rings (SSSR count). The fourth-order valence-electron chi connectivity index (χ4n) is 3.33. The van der Waals surface area contributed by atoms with Crippen molar-refractivity contribution in [1.82, 2.24) is 0 Å². The van der Waals surface area contributed by atoms with Crippen LogP contribution in [0.1, 0.15) is 52.0 Å². The standard InChI is InChI=1S/C22H33BrOSi2/c1-22(2,3)20-15-9-10-16-21(20)26(19-13-7-6-8-14-19)24-25-18-12-5-4-11-17-23/h6-10,13-16,26H,4-5,11-12,17-18,25H2,1-3H3. The van der Waals surface area contributed by atoms with Crippen LogP contribution in [0.15, 0.2) is 54.6 Å². The predicted molar refractivity (Wildman–Crippen MR) is 125 cm³/mol. The van der Waals surface area contributed by atoms with E-state index in [1.807, 2.05) is 0 Å². The van der Waals surface area contributed by atoms with Crippen molar-refractivity contribution < 1.29 is 4.12 Å². The van der Waals surface area contributed by atoms with Crippen LogP contribution in [0, 0.1) is 0 Å². The Kier molecular flexibility index (Phi) is 9.33. The van der Waals surface area contributed by atoms with Crippen LogP contribution >= 0.6 is 15.9 Å². The van der Waals surface area contributed by atoms with Crippen LogP contribution < -0.4 is 10.4 Å². The minimum Gasteiger partial charge on any atom is -0.456 e. The average Bonchev–Trinajstić information content (AvgIpc) is 2.64. The van der Waals surface area contributed by atoms with E-state index in [1.165, 1.54) is 47.7 Å². The minimum atomic E-state index is -1.60. The SMILES string of the molecule is CC(C)(C)c1ccccc1[SiH](O[SiH2]CCCCCCBr)c1ccccc1. The number of hydrogen-bond donors (Lipinski definition) is 0. The van der Waals surface area contributed by atoms with Crippen LogP contribution in [0.3, 0.4) is 0 Å². The molecule has 0 saturated heterocycles. The number of halogens is 1. The largest absolute Gasteiger partial charge is 0.456 e. The van der Waals surface area contributed by atoms with Gasteiger partial charge in [0.05, 0.1) is 0 Å². The van der Waals surface area contributed by atoms with E-state index in [-0.39, 0.29) is 5.41 Å². The second kappa shape index (κ2) is 11.2. The molecule has 0 spiro atoms. The molecule has 1 nitrogen and oxygen atoms in total. The Morgan fingerprint density at radius 2 is 1.54 bits per heavy atom. The maximum atomic E-state index is 6.73. The van der Waals surface area contributed by atoms with Crippen molar-refractivity contribution in [3.05, 3.63) is 60.2 Å². The summed E-state index contributed by atoms with van der Waals surface area (Å²) in [7, 11) is -2.07. The molecule has 0 fully saturated rings. The van der Waals surface area contributed by atoms with Crippen molar-refractivity contribution in [2.75, 3.05) is 5.33 Å². The lowest BCUT2D eigenvalue weighted by Gasteiger charge is -2.27. The third-order valence-corrected chi connectivity index (χ3v) is 10.4. The highest BCUT2D eigenvalue weighted by atomic mass is 79.9. The highest BCUT2D eigenvalue weighted by Gasteiger charge is 2.25. The summed E-state index contributed by atoms with van der Waals surface area (Å²) in [5.41, 5.74) is 1.60. The van der Waals surface area contributed by atoms with E-state index in [0.717, 1.165) is 5.33 Å². The lowest BCUT2D eigenvalue weighted by Crippen LogP contribution is -2.48. The van der Waals surface area contributed by atoms with E-state index >= 15 is 0 Å². The molecule has 0 aliphatic carbocycles. The van der Waals surface area contributed by atoms with Crippen molar-refractivity contribution in [3.63, 3.8) is 0 Å². The number of rotatable bonds is 10. The summed E-state index contributed by atoms with van der Waals surface area (Å²) in [6, 6.07) is 21.2. The maximum Gasteiger partial charge on any atom is 0.228 e. The minimum absolute atomic E-state index is 0.150. The molecule has 142 valence electrons. The molecule has 4 heteroatoms. The molecule has 2 aromatic carbocycles. The van der Waals surface area contributed by atoms with Gasteiger partial charge >= 0.3 is 0 Å². The molecule has 0 radical (unpaired) electrons. The van der Waals surface area contributed by atoms with E-state index in [0.29, 0.717) is 0 Å². The molecule has 26 heavy (non-hydrogen) atoms. The van der Waals surface area contributed by atoms with Crippen LogP contribution in [0.4, 0.5) is 0 Å². The summed E-state index contributed by atoms with van der Waals surface area (Å²) >= 11 is 3.52. The molecular formula is C22H33BrOSi2. The van der Waals surface area contributed by atoms with Crippen LogP contribution in [-0.2, 0) is 9.53 Å². The van der Waals surface area contributed by atoms with Crippen molar-refractivity contribution in [1.29, 1.82) is 0 Å². The average molecular weight is 450 g/mol. The van der Waals surface area contributed by atoms with Gasteiger partial charge in [0, 0.05) is 5.33 Å². The van der Waals surface area contributed by atoms with E-state index in [9.17, 15) is 0 Å². The lowest BCUT2D eigenvalue weighted by atomic mass is 9.87. The molecule has 1 atom stereocenters. The van der Waals surface area contributed by atoms with Crippen LogP contribution in [0.5, 0.6) is 0 Å². The second-order valence-electron chi connectivity index (χ2n) is 7.96. The zero-order valence-corrected chi connectivity index (χ0v) is 20.7. The number of hydrogen-bond acceptors (Lipinski definition) is 1. The Labute approximate surface area is 172 Å². The van der Waals surface area contributed by atoms with Gasteiger partial charge in [0.2, 0.25) is 9.04 Å². The van der Waals surface area contributed by atoms with Gasteiger partial charge in [-0.1, -0.05) is 111 Å². The first-order valence-corrected chi connectivity index (χ1v) is 14.2. The summed E-state index contributed by atoms with van der Waals surface area (Å²) in [5, 5.41) is 4.02. The molecule has 0 saturated carbocycles. The van der Waals surface area contributed by atoms with E-state index < -0.39 is 18.8 Å². The summed E-state index contributed by atoms with van der Waals surface area (Å²) < 4.78 is 6.73. The van der Waals surface area contributed by atoms with Crippen molar-refractivity contribution in [2.45, 2.75) is 57.9 Å². The van der Waals surface area contributed by atoms with Crippen molar-refractivity contribution in [3.8, 4) is 0 Å². The molecule has 0 bridgehead atoms. The van der Waals surface area contributed by atoms with Crippen LogP contribution in [0.25, 0.3) is 0 Å². The smallest absolute Gasteiger partial charge is 0.228 e. The molecular weight excluding hydrogens is 416 g/mol. The first kappa shape index (κ1) is 21.6. The zero-order chi connectivity index (χ0) is 18.8. The summed E-state index contributed by atoms with van der Waals surface area (Å²) in [5.74, 6) is 0. The third kappa shape index (κ3) is 6.80. The van der Waals surface area contributed by atoms with E-state index in [1.54, 1.807) is 0 Å². The van der Waals surface area contributed by atoms with Gasteiger partial charge in [0.15, 0.2) is 0 Å². The maximum absolute atomic E-state index is 6.73. The predicted octanol–water partition coefficient (Wildman–Crippen LogP) is 4.30. The lowest BCUT2D eigenvalue weighted by molar-refractivity contribution is 0.587. The Morgan fingerprint density at radius 1 is 0.885 bits per heavy atom. The normalized spacial score (nSPS) is 13.4. The summed E-state index contributed by atoms with van der Waals surface area (Å²) in [6.45, 7) is 6.93. The van der Waals surface area contributed by atoms with Gasteiger partial charge in [-0.25, -0.2) is 0 Å². The van der Waals surface area contributed by atoms with E-state index in [2.05, 4.69) is 91.3 Å². The Balaban J connectivity index is 2.11. The molecule has 0 heterocycles. The summed E-state index contributed by atoms with van der Waals surface area (Å²) in [6.07, 6.45) is 5.31. The van der Waals surface area contributed by atoms with Crippen LogP contribution in [-0.4, -0.2) is 24.1 Å². The summed E-state index contributed by atoms with van der Waals surface area (Å²) in [4.78, 5) is 0. The Hall–Kier alpha value is -0.686. The Morgan fingerprint density at radius 3 is 2.23 bits per heavy atom. The van der Waals surface area contributed by atoms with Gasteiger partial charge in [-0.3, -0.25) is 0 Å². The highest BCUT2D eigenvalue weighted by Crippen LogP contribution is 2.20. The first-order valence-electron chi connectivity index (χ1n) is 9.86. The molecule has 1 unspecified atom stereocenters. The van der Waals surface area contributed by atoms with Gasteiger partial charge in [-0.2, -0.15) is 0 Å². The number of benzene rings is 2. The van der Waals surface area contributed by atoms with Gasteiger partial charge in [0.25, 0.3) is 0 Å². The van der Waals surface area contributed by atoms with Crippen LogP contribution in [0.2, 0.25) is 6.04 Å². The fourth-order valence-corrected chi connectivity index (χ4v) is 9.41. The van der Waals surface area contributed by atoms with Gasteiger partial charge < -0.3 is 4.12 Å². The van der Waals surface area contributed by atoms with Crippen molar-refractivity contribution in [2.24, 2.45) is 0 Å².